The van der Waals surface area contributed by atoms with Gasteiger partial charge in [0.2, 0.25) is 5.91 Å². The summed E-state index contributed by atoms with van der Waals surface area (Å²) in [5.41, 5.74) is 1.63. The fourth-order valence-electron chi connectivity index (χ4n) is 3.89. The van der Waals surface area contributed by atoms with Crippen LogP contribution < -0.4 is 10.9 Å². The summed E-state index contributed by atoms with van der Waals surface area (Å²) < 4.78 is 0. The van der Waals surface area contributed by atoms with E-state index in [-0.39, 0.29) is 30.1 Å². The Hall–Kier alpha value is -2.99. The highest BCUT2D eigenvalue weighted by molar-refractivity contribution is 5.79. The molecule has 6 heteroatoms. The molecule has 0 bridgehead atoms. The van der Waals surface area contributed by atoms with Crippen molar-refractivity contribution in [2.45, 2.75) is 59.2 Å². The Morgan fingerprint density at radius 3 is 2.44 bits per heavy atom. The summed E-state index contributed by atoms with van der Waals surface area (Å²) in [4.78, 5) is 35.1. The Morgan fingerprint density at radius 1 is 1.06 bits per heavy atom. The molecule has 0 saturated heterocycles. The number of aromatic nitrogens is 2. The molecule has 32 heavy (non-hydrogen) atoms. The topological polar surface area (TPSA) is 78.1 Å². The number of hydrogen-bond acceptors (Lipinski definition) is 4. The van der Waals surface area contributed by atoms with Gasteiger partial charge in [-0.2, -0.15) is 0 Å². The lowest BCUT2D eigenvalue weighted by Crippen LogP contribution is -2.43. The van der Waals surface area contributed by atoms with Crippen molar-refractivity contribution in [1.82, 2.24) is 20.2 Å². The lowest BCUT2D eigenvalue weighted by atomic mass is 9.97. The van der Waals surface area contributed by atoms with Crippen LogP contribution in [0.25, 0.3) is 10.9 Å². The maximum absolute atomic E-state index is 13.1. The Balaban J connectivity index is 1.76. The third-order valence-corrected chi connectivity index (χ3v) is 5.82. The van der Waals surface area contributed by atoms with Crippen molar-refractivity contribution in [2.75, 3.05) is 6.54 Å². The highest BCUT2D eigenvalue weighted by Gasteiger charge is 2.21. The van der Waals surface area contributed by atoms with Gasteiger partial charge in [-0.3, -0.25) is 14.5 Å². The second kappa shape index (κ2) is 11.0. The summed E-state index contributed by atoms with van der Waals surface area (Å²) in [6.07, 6.45) is 1.76. The predicted octanol–water partition coefficient (Wildman–Crippen LogP) is 4.43. The third-order valence-electron chi connectivity index (χ3n) is 5.82. The number of carbonyl (C=O) groups is 1. The highest BCUT2D eigenvalue weighted by Crippen LogP contribution is 2.21. The summed E-state index contributed by atoms with van der Waals surface area (Å²) >= 11 is 0. The van der Waals surface area contributed by atoms with E-state index in [4.69, 9.17) is 0 Å². The average molecular weight is 435 g/mol. The molecule has 2 unspecified atom stereocenters. The SMILES string of the molecule is CCC(C)N(CC(=O)NC(CC(C)C)c1ccccc1)Cc1nc2ccccc2c(=O)[nH]1. The molecule has 0 aliphatic rings. The lowest BCUT2D eigenvalue weighted by molar-refractivity contribution is -0.123. The Morgan fingerprint density at radius 2 is 1.75 bits per heavy atom. The molecule has 0 radical (unpaired) electrons. The fraction of sp³-hybridized carbons (Fsp3) is 0.423. The van der Waals surface area contributed by atoms with E-state index in [1.807, 2.05) is 36.4 Å². The number of carbonyl (C=O) groups excluding carboxylic acids is 1. The van der Waals surface area contributed by atoms with Gasteiger partial charge in [0.1, 0.15) is 5.82 Å². The molecule has 0 fully saturated rings. The summed E-state index contributed by atoms with van der Waals surface area (Å²) in [5.74, 6) is 1.00. The minimum atomic E-state index is -0.153. The normalized spacial score (nSPS) is 13.4. The molecule has 2 N–H and O–H groups in total. The minimum Gasteiger partial charge on any atom is -0.348 e. The molecule has 0 aliphatic heterocycles. The van der Waals surface area contributed by atoms with Crippen LogP contribution in [0.3, 0.4) is 0 Å². The molecule has 2 atom stereocenters. The van der Waals surface area contributed by atoms with Gasteiger partial charge in [0, 0.05) is 6.04 Å². The molecule has 0 aliphatic carbocycles. The number of H-pyrrole nitrogens is 1. The zero-order chi connectivity index (χ0) is 23.1. The van der Waals surface area contributed by atoms with Crippen LogP contribution in [-0.4, -0.2) is 33.4 Å². The molecule has 1 aromatic heterocycles. The summed E-state index contributed by atoms with van der Waals surface area (Å²) in [6, 6.07) is 17.6. The van der Waals surface area contributed by atoms with E-state index in [1.165, 1.54) is 0 Å². The lowest BCUT2D eigenvalue weighted by Gasteiger charge is -2.29. The molecule has 0 saturated carbocycles. The monoisotopic (exact) mass is 434 g/mol. The molecule has 0 spiro atoms. The first-order valence-corrected chi connectivity index (χ1v) is 11.4. The Kier molecular flexibility index (Phi) is 8.17. The van der Waals surface area contributed by atoms with Crippen molar-refractivity contribution >= 4 is 16.8 Å². The predicted molar refractivity (Wildman–Crippen MR) is 129 cm³/mol. The van der Waals surface area contributed by atoms with E-state index >= 15 is 0 Å². The maximum atomic E-state index is 13.1. The number of para-hydroxylation sites is 1. The van der Waals surface area contributed by atoms with E-state index < -0.39 is 0 Å². The number of aromatic amines is 1. The number of nitrogens with zero attached hydrogens (tertiary/aromatic N) is 2. The first kappa shape index (κ1) is 23.7. The zero-order valence-electron chi connectivity index (χ0n) is 19.5. The smallest absolute Gasteiger partial charge is 0.258 e. The zero-order valence-corrected chi connectivity index (χ0v) is 19.5. The molecule has 1 amide bonds. The molecule has 3 rings (SSSR count). The van der Waals surface area contributed by atoms with Crippen LogP contribution >= 0.6 is 0 Å². The number of benzene rings is 2. The van der Waals surface area contributed by atoms with Gasteiger partial charge in [-0.25, -0.2) is 4.98 Å². The number of amides is 1. The van der Waals surface area contributed by atoms with Crippen LogP contribution in [-0.2, 0) is 11.3 Å². The van der Waals surface area contributed by atoms with Crippen LogP contribution in [0.15, 0.2) is 59.4 Å². The highest BCUT2D eigenvalue weighted by atomic mass is 16.2. The summed E-state index contributed by atoms with van der Waals surface area (Å²) in [6.45, 7) is 9.16. The van der Waals surface area contributed by atoms with E-state index in [0.29, 0.717) is 29.2 Å². The quantitative estimate of drug-likeness (QED) is 0.495. The van der Waals surface area contributed by atoms with E-state index in [1.54, 1.807) is 6.07 Å². The maximum Gasteiger partial charge on any atom is 0.258 e. The minimum absolute atomic E-state index is 0.0251. The number of fused-ring (bicyclic) bond motifs is 1. The number of rotatable bonds is 10. The van der Waals surface area contributed by atoms with E-state index in [9.17, 15) is 9.59 Å². The van der Waals surface area contributed by atoms with E-state index in [2.05, 4.69) is 60.0 Å². The van der Waals surface area contributed by atoms with Crippen molar-refractivity contribution in [3.8, 4) is 0 Å². The van der Waals surface area contributed by atoms with Crippen LogP contribution in [0.4, 0.5) is 0 Å². The van der Waals surface area contributed by atoms with Gasteiger partial charge in [0.25, 0.3) is 5.56 Å². The largest absolute Gasteiger partial charge is 0.348 e. The number of hydrogen-bond donors (Lipinski definition) is 2. The van der Waals surface area contributed by atoms with E-state index in [0.717, 1.165) is 18.4 Å². The molecule has 1 heterocycles. The standard InChI is InChI=1S/C26H34N4O2/c1-5-19(4)30(16-24-27-22-14-10-9-13-21(22)26(32)29-24)17-25(31)28-23(15-18(2)3)20-11-7-6-8-12-20/h6-14,18-19,23H,5,15-17H2,1-4H3,(H,28,31)(H,27,29,32). The van der Waals surface area contributed by atoms with Gasteiger partial charge in [0.05, 0.1) is 30.0 Å². The van der Waals surface area contributed by atoms with Crippen molar-refractivity contribution in [2.24, 2.45) is 5.92 Å². The first-order chi connectivity index (χ1) is 15.4. The molecular formula is C26H34N4O2. The summed E-state index contributed by atoms with van der Waals surface area (Å²) in [7, 11) is 0. The van der Waals surface area contributed by atoms with Gasteiger partial charge in [-0.05, 0) is 43.4 Å². The molecule has 170 valence electrons. The third kappa shape index (κ3) is 6.26. The van der Waals surface area contributed by atoms with Gasteiger partial charge in [-0.1, -0.05) is 63.2 Å². The fourth-order valence-corrected chi connectivity index (χ4v) is 3.89. The van der Waals surface area contributed by atoms with Crippen LogP contribution in [0.1, 0.15) is 58.0 Å². The van der Waals surface area contributed by atoms with Crippen LogP contribution in [0.5, 0.6) is 0 Å². The van der Waals surface area contributed by atoms with Gasteiger partial charge in [0.15, 0.2) is 0 Å². The Bertz CT molecular complexity index is 1080. The van der Waals surface area contributed by atoms with Crippen LogP contribution in [0.2, 0.25) is 0 Å². The number of nitrogens with one attached hydrogen (secondary N) is 2. The van der Waals surface area contributed by atoms with Crippen molar-refractivity contribution in [1.29, 1.82) is 0 Å². The van der Waals surface area contributed by atoms with Crippen LogP contribution in [0, 0.1) is 5.92 Å². The van der Waals surface area contributed by atoms with Gasteiger partial charge >= 0.3 is 0 Å². The Labute approximate surface area is 190 Å². The second-order valence-electron chi connectivity index (χ2n) is 8.85. The van der Waals surface area contributed by atoms with Crippen molar-refractivity contribution < 1.29 is 4.79 Å². The average Bonchev–Trinajstić information content (AvgIpc) is 2.78. The van der Waals surface area contributed by atoms with Crippen molar-refractivity contribution in [3.05, 3.63) is 76.3 Å². The second-order valence-corrected chi connectivity index (χ2v) is 8.85. The summed E-state index contributed by atoms with van der Waals surface area (Å²) in [5, 5.41) is 3.80. The molecular weight excluding hydrogens is 400 g/mol. The first-order valence-electron chi connectivity index (χ1n) is 11.4. The molecule has 6 nitrogen and oxygen atoms in total. The van der Waals surface area contributed by atoms with Gasteiger partial charge in [-0.15, -0.1) is 0 Å². The molecule has 2 aromatic carbocycles. The molecule has 3 aromatic rings. The van der Waals surface area contributed by atoms with Crippen molar-refractivity contribution in [3.63, 3.8) is 0 Å². The van der Waals surface area contributed by atoms with Gasteiger partial charge < -0.3 is 10.3 Å².